The van der Waals surface area contributed by atoms with Gasteiger partial charge in [0.2, 0.25) is 10.0 Å². The molecule has 1 aromatic rings. The Balaban J connectivity index is 2.51. The van der Waals surface area contributed by atoms with E-state index >= 15 is 0 Å². The highest BCUT2D eigenvalue weighted by Gasteiger charge is 2.15. The summed E-state index contributed by atoms with van der Waals surface area (Å²) in [6.07, 6.45) is 2.79. The van der Waals surface area contributed by atoms with Crippen molar-refractivity contribution in [1.82, 2.24) is 4.72 Å². The molecule has 0 heterocycles. The smallest absolute Gasteiger partial charge is 0.240 e. The number of sulfonamides is 1. The average molecular weight is 314 g/mol. The fraction of sp³-hybridized carbons (Fsp3) is 0.600. The van der Waals surface area contributed by atoms with Crippen molar-refractivity contribution >= 4 is 15.7 Å². The van der Waals surface area contributed by atoms with Gasteiger partial charge in [-0.2, -0.15) is 0 Å². The normalized spacial score (nSPS) is 11.8. The number of hydrogen-bond acceptors (Lipinski definition) is 4. The maximum atomic E-state index is 12.2. The van der Waals surface area contributed by atoms with Crippen LogP contribution in [0.4, 0.5) is 5.69 Å². The molecule has 0 fully saturated rings. The topological polar surface area (TPSA) is 81.4 Å². The van der Waals surface area contributed by atoms with E-state index < -0.39 is 10.0 Å². The second-order valence-corrected chi connectivity index (χ2v) is 6.94. The zero-order chi connectivity index (χ0) is 15.9. The van der Waals surface area contributed by atoms with Gasteiger partial charge in [0.1, 0.15) is 0 Å². The van der Waals surface area contributed by atoms with Crippen LogP contribution in [-0.2, 0) is 14.8 Å². The lowest BCUT2D eigenvalue weighted by atomic mass is 10.1. The van der Waals surface area contributed by atoms with E-state index in [1.807, 2.05) is 13.8 Å². The van der Waals surface area contributed by atoms with Crippen LogP contribution in [0.25, 0.3) is 0 Å². The summed E-state index contributed by atoms with van der Waals surface area (Å²) in [4.78, 5) is 0.218. The lowest BCUT2D eigenvalue weighted by Crippen LogP contribution is -2.26. The Hall–Kier alpha value is -1.11. The number of hydrogen-bond donors (Lipinski definition) is 2. The minimum absolute atomic E-state index is 0.218. The van der Waals surface area contributed by atoms with Crippen LogP contribution in [0.2, 0.25) is 0 Å². The summed E-state index contributed by atoms with van der Waals surface area (Å²) < 4.78 is 32.3. The number of nitrogens with two attached hydrogens (primary N) is 1. The summed E-state index contributed by atoms with van der Waals surface area (Å²) in [5.41, 5.74) is 8.12. The zero-order valence-electron chi connectivity index (χ0n) is 13.1. The summed E-state index contributed by atoms with van der Waals surface area (Å²) in [7, 11) is -3.51. The van der Waals surface area contributed by atoms with Crippen molar-refractivity contribution < 1.29 is 13.2 Å². The van der Waals surface area contributed by atoms with E-state index in [-0.39, 0.29) is 4.90 Å². The van der Waals surface area contributed by atoms with Crippen LogP contribution in [0.15, 0.2) is 17.0 Å². The van der Waals surface area contributed by atoms with Gasteiger partial charge in [0, 0.05) is 25.4 Å². The number of nitrogens with one attached hydrogen (secondary N) is 1. The summed E-state index contributed by atoms with van der Waals surface area (Å²) in [5.74, 6) is 0. The van der Waals surface area contributed by atoms with Gasteiger partial charge in [-0.05, 0) is 49.9 Å². The van der Waals surface area contributed by atoms with E-state index in [0.29, 0.717) is 25.3 Å². The Morgan fingerprint density at radius 2 is 1.86 bits per heavy atom. The van der Waals surface area contributed by atoms with Gasteiger partial charge in [-0.1, -0.05) is 13.3 Å². The molecule has 0 amide bonds. The minimum Gasteiger partial charge on any atom is -0.398 e. The molecule has 0 bridgehead atoms. The number of benzene rings is 1. The maximum absolute atomic E-state index is 12.2. The van der Waals surface area contributed by atoms with Crippen LogP contribution in [0.5, 0.6) is 0 Å². The number of ether oxygens (including phenoxy) is 1. The summed E-state index contributed by atoms with van der Waals surface area (Å²) in [6.45, 7) is 7.50. The van der Waals surface area contributed by atoms with Crippen molar-refractivity contribution in [3.63, 3.8) is 0 Å². The fourth-order valence-corrected chi connectivity index (χ4v) is 3.01. The molecular weight excluding hydrogens is 288 g/mol. The molecule has 1 rings (SSSR count). The Kier molecular flexibility index (Phi) is 7.14. The largest absolute Gasteiger partial charge is 0.398 e. The zero-order valence-corrected chi connectivity index (χ0v) is 13.9. The number of nitrogen functional groups attached to an aromatic ring is 1. The standard InChI is InChI=1S/C15H26N2O3S/c1-4-5-8-20-9-6-7-17-21(18,19)14-10-12(2)13(3)15(16)11-14/h10-11,17H,4-9,16H2,1-3H3. The van der Waals surface area contributed by atoms with Crippen LogP contribution < -0.4 is 10.5 Å². The van der Waals surface area contributed by atoms with Crippen LogP contribution in [-0.4, -0.2) is 28.2 Å². The number of anilines is 1. The van der Waals surface area contributed by atoms with E-state index in [1.165, 1.54) is 6.07 Å². The molecule has 0 aromatic heterocycles. The van der Waals surface area contributed by atoms with Crippen molar-refractivity contribution in [3.05, 3.63) is 23.3 Å². The number of aryl methyl sites for hydroxylation is 1. The van der Waals surface area contributed by atoms with E-state index in [9.17, 15) is 8.42 Å². The lowest BCUT2D eigenvalue weighted by molar-refractivity contribution is 0.130. The predicted molar refractivity (Wildman–Crippen MR) is 85.9 cm³/mol. The highest BCUT2D eigenvalue weighted by Crippen LogP contribution is 2.21. The first-order valence-electron chi connectivity index (χ1n) is 7.32. The van der Waals surface area contributed by atoms with E-state index in [2.05, 4.69) is 11.6 Å². The second kappa shape index (κ2) is 8.36. The predicted octanol–water partition coefficient (Wildman–Crippen LogP) is 2.37. The van der Waals surface area contributed by atoms with Gasteiger partial charge in [-0.25, -0.2) is 13.1 Å². The molecule has 0 spiro atoms. The van der Waals surface area contributed by atoms with Crippen molar-refractivity contribution in [2.24, 2.45) is 0 Å². The third kappa shape index (κ3) is 5.65. The van der Waals surface area contributed by atoms with Crippen molar-refractivity contribution in [1.29, 1.82) is 0 Å². The van der Waals surface area contributed by atoms with E-state index in [4.69, 9.17) is 10.5 Å². The lowest BCUT2D eigenvalue weighted by Gasteiger charge is -2.11. The average Bonchev–Trinajstić information content (AvgIpc) is 2.43. The molecule has 21 heavy (non-hydrogen) atoms. The highest BCUT2D eigenvalue weighted by molar-refractivity contribution is 7.89. The Labute approximate surface area is 127 Å². The quantitative estimate of drug-likeness (QED) is 0.541. The second-order valence-electron chi connectivity index (χ2n) is 5.17. The first-order chi connectivity index (χ1) is 9.88. The molecule has 3 N–H and O–H groups in total. The fourth-order valence-electron chi connectivity index (χ4n) is 1.82. The molecule has 5 nitrogen and oxygen atoms in total. The van der Waals surface area contributed by atoms with Crippen LogP contribution >= 0.6 is 0 Å². The van der Waals surface area contributed by atoms with Crippen LogP contribution in [0.3, 0.4) is 0 Å². The Morgan fingerprint density at radius 1 is 1.19 bits per heavy atom. The van der Waals surface area contributed by atoms with Gasteiger partial charge in [0.25, 0.3) is 0 Å². The van der Waals surface area contributed by atoms with Gasteiger partial charge in [0.15, 0.2) is 0 Å². The molecule has 0 atom stereocenters. The Morgan fingerprint density at radius 3 is 2.48 bits per heavy atom. The third-order valence-electron chi connectivity index (χ3n) is 3.39. The summed E-state index contributed by atoms with van der Waals surface area (Å²) in [6, 6.07) is 3.15. The molecular formula is C15H26N2O3S. The van der Waals surface area contributed by atoms with Gasteiger partial charge >= 0.3 is 0 Å². The molecule has 0 aliphatic rings. The van der Waals surface area contributed by atoms with E-state index in [1.54, 1.807) is 6.07 Å². The molecule has 120 valence electrons. The highest BCUT2D eigenvalue weighted by atomic mass is 32.2. The number of unbranched alkanes of at least 4 members (excludes halogenated alkanes) is 1. The van der Waals surface area contributed by atoms with Crippen LogP contribution in [0, 0.1) is 13.8 Å². The Bertz CT molecular complexity index is 533. The maximum Gasteiger partial charge on any atom is 0.240 e. The SMILES string of the molecule is CCCCOCCCNS(=O)(=O)c1cc(C)c(C)c(N)c1. The molecule has 0 saturated heterocycles. The van der Waals surface area contributed by atoms with Crippen molar-refractivity contribution in [3.8, 4) is 0 Å². The molecule has 6 heteroatoms. The van der Waals surface area contributed by atoms with Crippen molar-refractivity contribution in [2.45, 2.75) is 44.9 Å². The molecule has 0 saturated carbocycles. The molecule has 0 unspecified atom stereocenters. The number of rotatable bonds is 9. The third-order valence-corrected chi connectivity index (χ3v) is 4.83. The minimum atomic E-state index is -3.51. The van der Waals surface area contributed by atoms with Crippen LogP contribution in [0.1, 0.15) is 37.3 Å². The molecule has 0 aliphatic heterocycles. The first kappa shape index (κ1) is 17.9. The molecule has 0 aliphatic carbocycles. The molecule has 1 aromatic carbocycles. The van der Waals surface area contributed by atoms with Gasteiger partial charge in [-0.3, -0.25) is 0 Å². The molecule has 0 radical (unpaired) electrons. The van der Waals surface area contributed by atoms with Gasteiger partial charge in [-0.15, -0.1) is 0 Å². The van der Waals surface area contributed by atoms with Gasteiger partial charge < -0.3 is 10.5 Å². The summed E-state index contributed by atoms with van der Waals surface area (Å²) in [5, 5.41) is 0. The first-order valence-corrected chi connectivity index (χ1v) is 8.81. The van der Waals surface area contributed by atoms with Gasteiger partial charge in [0.05, 0.1) is 4.90 Å². The van der Waals surface area contributed by atoms with E-state index in [0.717, 1.165) is 30.6 Å². The van der Waals surface area contributed by atoms with Crippen molar-refractivity contribution in [2.75, 3.05) is 25.5 Å². The monoisotopic (exact) mass is 314 g/mol. The summed E-state index contributed by atoms with van der Waals surface area (Å²) >= 11 is 0.